The highest BCUT2D eigenvalue weighted by Gasteiger charge is 2.19. The molecule has 1 N–H and O–H groups in total. The third kappa shape index (κ3) is 4.51. The number of fused-ring (bicyclic) bond motifs is 1. The predicted octanol–water partition coefficient (Wildman–Crippen LogP) is 6.39. The molecule has 0 saturated heterocycles. The van der Waals surface area contributed by atoms with Crippen molar-refractivity contribution < 1.29 is 18.3 Å². The number of anilines is 1. The number of para-hydroxylation sites is 2. The summed E-state index contributed by atoms with van der Waals surface area (Å²) in [6.07, 6.45) is 0. The van der Waals surface area contributed by atoms with E-state index in [0.717, 1.165) is 10.3 Å². The number of aromatic nitrogens is 3. The van der Waals surface area contributed by atoms with E-state index >= 15 is 0 Å². The number of benzene rings is 3. The van der Waals surface area contributed by atoms with Gasteiger partial charge in [0.25, 0.3) is 5.91 Å². The van der Waals surface area contributed by atoms with Crippen molar-refractivity contribution in [2.45, 2.75) is 13.2 Å². The molecule has 2 heterocycles. The Morgan fingerprint density at radius 3 is 2.65 bits per heavy atom. The van der Waals surface area contributed by atoms with Crippen LogP contribution in [0.1, 0.15) is 22.6 Å². The molecule has 170 valence electrons. The molecule has 0 bridgehead atoms. The van der Waals surface area contributed by atoms with Gasteiger partial charge >= 0.3 is 6.55 Å². The summed E-state index contributed by atoms with van der Waals surface area (Å²) < 4.78 is 34.1. The number of amides is 1. The van der Waals surface area contributed by atoms with Crippen molar-refractivity contribution in [3.63, 3.8) is 0 Å². The minimum absolute atomic E-state index is 0.166. The Bertz CT molecular complexity index is 1430. The average molecular weight is 477 g/mol. The SMILES string of the molecule is O=C(Nc1ccc(-c2nc3ccccc3n2C(F)F)cc1)c1cccc(OCc2cscn2)c1. The third-order valence-corrected chi connectivity index (χ3v) is 5.79. The molecular weight excluding hydrogens is 458 g/mol. The number of rotatable bonds is 7. The fourth-order valence-electron chi connectivity index (χ4n) is 3.54. The van der Waals surface area contributed by atoms with Crippen molar-refractivity contribution in [1.82, 2.24) is 14.5 Å². The van der Waals surface area contributed by atoms with Crippen LogP contribution in [0.5, 0.6) is 5.75 Å². The molecule has 0 saturated carbocycles. The summed E-state index contributed by atoms with van der Waals surface area (Å²) in [5.74, 6) is 0.410. The number of alkyl halides is 2. The van der Waals surface area contributed by atoms with Gasteiger partial charge in [-0.25, -0.2) is 9.97 Å². The molecule has 0 aliphatic rings. The Kier molecular flexibility index (Phi) is 6.01. The van der Waals surface area contributed by atoms with Gasteiger partial charge in [-0.3, -0.25) is 9.36 Å². The number of hydrogen-bond donors (Lipinski definition) is 1. The normalized spacial score (nSPS) is 11.1. The van der Waals surface area contributed by atoms with Crippen molar-refractivity contribution >= 4 is 34.0 Å². The lowest BCUT2D eigenvalue weighted by Crippen LogP contribution is -2.12. The van der Waals surface area contributed by atoms with E-state index in [9.17, 15) is 13.6 Å². The molecule has 0 aliphatic heterocycles. The first-order valence-electron chi connectivity index (χ1n) is 10.4. The standard InChI is InChI=1S/C25H18F2N4O2S/c26-25(27)31-22-7-2-1-6-21(22)30-23(31)16-8-10-18(11-9-16)29-24(32)17-4-3-5-20(12-17)33-13-19-14-34-15-28-19/h1-12,14-15,25H,13H2,(H,29,32). The Morgan fingerprint density at radius 1 is 1.06 bits per heavy atom. The molecule has 0 aliphatic carbocycles. The molecule has 3 aromatic carbocycles. The lowest BCUT2D eigenvalue weighted by atomic mass is 10.1. The van der Waals surface area contributed by atoms with Gasteiger partial charge in [-0.05, 0) is 54.6 Å². The summed E-state index contributed by atoms with van der Waals surface area (Å²) in [7, 11) is 0. The number of halogens is 2. The second kappa shape index (κ2) is 9.40. The van der Waals surface area contributed by atoms with Gasteiger partial charge in [-0.2, -0.15) is 8.78 Å². The van der Waals surface area contributed by atoms with E-state index in [2.05, 4.69) is 15.3 Å². The molecule has 0 unspecified atom stereocenters. The second-order valence-corrected chi connectivity index (χ2v) is 8.12. The van der Waals surface area contributed by atoms with Crippen molar-refractivity contribution in [2.75, 3.05) is 5.32 Å². The smallest absolute Gasteiger partial charge is 0.320 e. The maximum absolute atomic E-state index is 13.7. The van der Waals surface area contributed by atoms with E-state index in [1.165, 1.54) is 11.3 Å². The number of nitrogens with one attached hydrogen (secondary N) is 1. The van der Waals surface area contributed by atoms with Gasteiger partial charge in [0.2, 0.25) is 0 Å². The maximum atomic E-state index is 13.7. The molecule has 34 heavy (non-hydrogen) atoms. The van der Waals surface area contributed by atoms with Crippen molar-refractivity contribution in [2.24, 2.45) is 0 Å². The topological polar surface area (TPSA) is 69.0 Å². The molecule has 5 rings (SSSR count). The van der Waals surface area contributed by atoms with Crippen LogP contribution in [0.15, 0.2) is 83.7 Å². The Labute approximate surface area is 197 Å². The number of nitrogens with zero attached hydrogens (tertiary/aromatic N) is 3. The lowest BCUT2D eigenvalue weighted by molar-refractivity contribution is 0.0764. The van der Waals surface area contributed by atoms with E-state index in [4.69, 9.17) is 4.74 Å². The van der Waals surface area contributed by atoms with Crippen LogP contribution in [0.2, 0.25) is 0 Å². The lowest BCUT2D eigenvalue weighted by Gasteiger charge is -2.10. The Morgan fingerprint density at radius 2 is 1.88 bits per heavy atom. The van der Waals surface area contributed by atoms with E-state index in [0.29, 0.717) is 40.2 Å². The van der Waals surface area contributed by atoms with Gasteiger partial charge in [0.15, 0.2) is 0 Å². The first-order chi connectivity index (χ1) is 16.6. The van der Waals surface area contributed by atoms with Gasteiger partial charge in [-0.1, -0.05) is 18.2 Å². The minimum Gasteiger partial charge on any atom is -0.487 e. The first-order valence-corrected chi connectivity index (χ1v) is 11.3. The van der Waals surface area contributed by atoms with Crippen LogP contribution >= 0.6 is 11.3 Å². The van der Waals surface area contributed by atoms with Crippen molar-refractivity contribution in [3.05, 3.63) is 94.9 Å². The molecule has 6 nitrogen and oxygen atoms in total. The van der Waals surface area contributed by atoms with Crippen LogP contribution in [-0.4, -0.2) is 20.4 Å². The van der Waals surface area contributed by atoms with Crippen LogP contribution < -0.4 is 10.1 Å². The number of ether oxygens (including phenoxy) is 1. The van der Waals surface area contributed by atoms with Crippen molar-refractivity contribution in [1.29, 1.82) is 0 Å². The zero-order valence-corrected chi connectivity index (χ0v) is 18.5. The van der Waals surface area contributed by atoms with Crippen LogP contribution in [0.4, 0.5) is 14.5 Å². The van der Waals surface area contributed by atoms with E-state index in [1.54, 1.807) is 78.3 Å². The van der Waals surface area contributed by atoms with E-state index in [1.807, 2.05) is 5.38 Å². The van der Waals surface area contributed by atoms with Gasteiger partial charge in [0.1, 0.15) is 18.2 Å². The highest BCUT2D eigenvalue weighted by molar-refractivity contribution is 7.07. The third-order valence-electron chi connectivity index (χ3n) is 5.16. The summed E-state index contributed by atoms with van der Waals surface area (Å²) in [4.78, 5) is 21.3. The molecule has 0 radical (unpaired) electrons. The van der Waals surface area contributed by atoms with Gasteiger partial charge in [0.05, 0.1) is 22.2 Å². The summed E-state index contributed by atoms with van der Waals surface area (Å²) in [6.45, 7) is -2.41. The molecule has 2 aromatic heterocycles. The highest BCUT2D eigenvalue weighted by Crippen LogP contribution is 2.30. The number of hydrogen-bond acceptors (Lipinski definition) is 5. The van der Waals surface area contributed by atoms with E-state index < -0.39 is 6.55 Å². The number of carbonyl (C=O) groups is 1. The minimum atomic E-state index is -2.73. The monoisotopic (exact) mass is 476 g/mol. The van der Waals surface area contributed by atoms with Crippen LogP contribution in [0.25, 0.3) is 22.4 Å². The first kappa shape index (κ1) is 21.7. The quantitative estimate of drug-likeness (QED) is 0.296. The molecule has 1 amide bonds. The zero-order valence-electron chi connectivity index (χ0n) is 17.7. The van der Waals surface area contributed by atoms with Crippen LogP contribution in [0.3, 0.4) is 0 Å². The average Bonchev–Trinajstić information content (AvgIpc) is 3.51. The molecule has 5 aromatic rings. The molecule has 9 heteroatoms. The van der Waals surface area contributed by atoms with Crippen LogP contribution in [0, 0.1) is 0 Å². The van der Waals surface area contributed by atoms with Gasteiger partial charge in [0, 0.05) is 22.2 Å². The van der Waals surface area contributed by atoms with Crippen LogP contribution in [-0.2, 0) is 6.61 Å². The summed E-state index contributed by atoms with van der Waals surface area (Å²) in [5, 5.41) is 4.72. The Hall–Kier alpha value is -4.11. The maximum Gasteiger partial charge on any atom is 0.320 e. The second-order valence-electron chi connectivity index (χ2n) is 7.40. The van der Waals surface area contributed by atoms with Gasteiger partial charge < -0.3 is 10.1 Å². The highest BCUT2D eigenvalue weighted by atomic mass is 32.1. The van der Waals surface area contributed by atoms with E-state index in [-0.39, 0.29) is 11.7 Å². The fourth-order valence-corrected chi connectivity index (χ4v) is 4.09. The number of carbonyl (C=O) groups excluding carboxylic acids is 1. The zero-order chi connectivity index (χ0) is 23.5. The number of imidazole rings is 1. The summed E-state index contributed by atoms with van der Waals surface area (Å²) >= 11 is 1.49. The Balaban J connectivity index is 1.31. The largest absolute Gasteiger partial charge is 0.487 e. The van der Waals surface area contributed by atoms with Crippen molar-refractivity contribution in [3.8, 4) is 17.1 Å². The van der Waals surface area contributed by atoms with Gasteiger partial charge in [-0.15, -0.1) is 11.3 Å². The predicted molar refractivity (Wildman–Crippen MR) is 127 cm³/mol. The molecular formula is C25H18F2N4O2S. The summed E-state index contributed by atoms with van der Waals surface area (Å²) in [6, 6.07) is 20.2. The molecule has 0 atom stereocenters. The molecule has 0 spiro atoms. The fraction of sp³-hybridized carbons (Fsp3) is 0.0800. The number of thiazole rings is 1. The molecule has 0 fully saturated rings. The summed E-state index contributed by atoms with van der Waals surface area (Å²) in [5.41, 5.74) is 4.89.